The molecule has 0 aliphatic carbocycles. The maximum atomic E-state index is 10.00. The first-order chi connectivity index (χ1) is 4.18. The van der Waals surface area contributed by atoms with Gasteiger partial charge < -0.3 is 5.11 Å². The van der Waals surface area contributed by atoms with Gasteiger partial charge in [-0.15, -0.1) is 0 Å². The average Bonchev–Trinajstić information content (AvgIpc) is 1.82. The van der Waals surface area contributed by atoms with Crippen LogP contribution in [0.4, 0.5) is 0 Å². The molecule has 9 heavy (non-hydrogen) atoms. The van der Waals surface area contributed by atoms with Crippen molar-refractivity contribution in [1.29, 1.82) is 0 Å². The minimum atomic E-state index is -1.03. The maximum absolute atomic E-state index is 10.00. The van der Waals surface area contributed by atoms with Gasteiger partial charge >= 0.3 is 5.97 Å². The molecular weight excluding hydrogens is 116 g/mol. The lowest BCUT2D eigenvalue weighted by Gasteiger charge is -1.85. The third-order valence-electron chi connectivity index (χ3n) is 0.683. The fourth-order valence-corrected chi connectivity index (χ4v) is 0.243. The lowest BCUT2D eigenvalue weighted by atomic mass is 10.3. The Hall–Kier alpha value is -1.31. The molecule has 1 N–H and O–H groups in total. The fraction of sp³-hybridized carbons (Fsp3) is 0. The first-order valence-electron chi connectivity index (χ1n) is 2.32. The van der Waals surface area contributed by atoms with E-state index in [1.165, 1.54) is 18.2 Å². The van der Waals surface area contributed by atoms with Crippen LogP contribution in [0.25, 0.3) is 0 Å². The van der Waals surface area contributed by atoms with Crippen LogP contribution in [0.3, 0.4) is 0 Å². The summed E-state index contributed by atoms with van der Waals surface area (Å²) in [5.74, 6) is -1.03. The highest BCUT2D eigenvalue weighted by molar-refractivity contribution is 5.88. The van der Waals surface area contributed by atoms with E-state index < -0.39 is 5.97 Å². The van der Waals surface area contributed by atoms with E-state index in [1.807, 2.05) is 0 Å². The molecule has 0 fully saturated rings. The first-order valence-corrected chi connectivity index (χ1v) is 2.32. The second-order valence-corrected chi connectivity index (χ2v) is 1.38. The second kappa shape index (κ2) is 3.66. The molecule has 0 aliphatic heterocycles. The number of carboxylic acid groups (broad SMARTS) is 1. The van der Waals surface area contributed by atoms with E-state index in [0.717, 1.165) is 0 Å². The number of allylic oxidation sites excluding steroid dienone is 2. The van der Waals surface area contributed by atoms with E-state index in [4.69, 9.17) is 11.7 Å². The summed E-state index contributed by atoms with van der Waals surface area (Å²) in [6.07, 6.45) is 3.98. The van der Waals surface area contributed by atoms with E-state index >= 15 is 0 Å². The highest BCUT2D eigenvalue weighted by Gasteiger charge is 1.95. The van der Waals surface area contributed by atoms with E-state index in [1.54, 1.807) is 0 Å². The molecule has 2 heteroatoms. The molecule has 0 aromatic rings. The Morgan fingerprint density at radius 2 is 2.22 bits per heavy atom. The number of aliphatic carboxylic acids is 1. The average molecular weight is 123 g/mol. The van der Waals surface area contributed by atoms with Crippen LogP contribution in [0, 0.1) is 6.58 Å². The van der Waals surface area contributed by atoms with Gasteiger partial charge in [-0.3, -0.25) is 0 Å². The van der Waals surface area contributed by atoms with Crippen molar-refractivity contribution in [2.24, 2.45) is 0 Å². The van der Waals surface area contributed by atoms with Crippen molar-refractivity contribution in [2.45, 2.75) is 0 Å². The van der Waals surface area contributed by atoms with E-state index in [-0.39, 0.29) is 5.57 Å². The zero-order valence-corrected chi connectivity index (χ0v) is 4.87. The number of carboxylic acids is 1. The third-order valence-corrected chi connectivity index (χ3v) is 0.683. The van der Waals surface area contributed by atoms with E-state index in [0.29, 0.717) is 0 Å². The molecule has 0 aromatic carbocycles. The predicted octanol–water partition coefficient (Wildman–Crippen LogP) is 1.17. The molecule has 0 bridgehead atoms. The summed E-state index contributed by atoms with van der Waals surface area (Å²) >= 11 is 0. The van der Waals surface area contributed by atoms with Gasteiger partial charge in [0.2, 0.25) is 0 Å². The molecule has 0 saturated heterocycles. The van der Waals surface area contributed by atoms with Crippen LogP contribution in [0.2, 0.25) is 0 Å². The van der Waals surface area contributed by atoms with Crippen molar-refractivity contribution >= 4 is 5.97 Å². The number of carbonyl (C=O) groups is 1. The zero-order valence-electron chi connectivity index (χ0n) is 4.87. The summed E-state index contributed by atoms with van der Waals surface area (Å²) in [5, 5.41) is 8.20. The van der Waals surface area contributed by atoms with Gasteiger partial charge in [-0.1, -0.05) is 25.3 Å². The van der Waals surface area contributed by atoms with Crippen LogP contribution >= 0.6 is 0 Å². The molecule has 0 aliphatic rings. The number of hydrogen-bond donors (Lipinski definition) is 1. The SMILES string of the molecule is [CH]=CC=CC(=C)C(=O)O. The summed E-state index contributed by atoms with van der Waals surface area (Å²) in [7, 11) is 0. The molecule has 0 aromatic heterocycles. The summed E-state index contributed by atoms with van der Waals surface area (Å²) in [5.41, 5.74) is 0.0247. The lowest BCUT2D eigenvalue weighted by Crippen LogP contribution is -1.94. The topological polar surface area (TPSA) is 37.3 Å². The highest BCUT2D eigenvalue weighted by atomic mass is 16.4. The smallest absolute Gasteiger partial charge is 0.335 e. The summed E-state index contributed by atoms with van der Waals surface area (Å²) < 4.78 is 0. The monoisotopic (exact) mass is 123 g/mol. The number of hydrogen-bond acceptors (Lipinski definition) is 1. The molecule has 2 nitrogen and oxygen atoms in total. The summed E-state index contributed by atoms with van der Waals surface area (Å²) in [4.78, 5) is 10.00. The molecule has 0 unspecified atom stereocenters. The Labute approximate surface area is 53.8 Å². The minimum absolute atomic E-state index is 0.0247. The van der Waals surface area contributed by atoms with Crippen LogP contribution in [-0.2, 0) is 4.79 Å². The third kappa shape index (κ3) is 3.29. The Bertz CT molecular complexity index is 166. The van der Waals surface area contributed by atoms with Gasteiger partial charge in [-0.2, -0.15) is 0 Å². The zero-order chi connectivity index (χ0) is 7.28. The number of rotatable bonds is 3. The van der Waals surface area contributed by atoms with Crippen molar-refractivity contribution in [2.75, 3.05) is 0 Å². The molecule has 1 radical (unpaired) electrons. The Morgan fingerprint density at radius 1 is 1.67 bits per heavy atom. The Kier molecular flexibility index (Phi) is 3.13. The van der Waals surface area contributed by atoms with Crippen LogP contribution in [0.15, 0.2) is 30.4 Å². The van der Waals surface area contributed by atoms with Crippen molar-refractivity contribution < 1.29 is 9.90 Å². The van der Waals surface area contributed by atoms with Crippen molar-refractivity contribution in [1.82, 2.24) is 0 Å². The quantitative estimate of drug-likeness (QED) is 0.452. The van der Waals surface area contributed by atoms with Crippen LogP contribution < -0.4 is 0 Å². The Balaban J connectivity index is 3.92. The fourth-order valence-electron chi connectivity index (χ4n) is 0.243. The second-order valence-electron chi connectivity index (χ2n) is 1.38. The van der Waals surface area contributed by atoms with Gasteiger partial charge in [0.05, 0.1) is 5.57 Å². The van der Waals surface area contributed by atoms with E-state index in [2.05, 4.69) is 6.58 Å². The largest absolute Gasteiger partial charge is 0.478 e. The van der Waals surface area contributed by atoms with Gasteiger partial charge in [-0.05, 0) is 6.08 Å². The van der Waals surface area contributed by atoms with Crippen molar-refractivity contribution in [3.05, 3.63) is 37.0 Å². The highest BCUT2D eigenvalue weighted by Crippen LogP contribution is 1.90. The molecule has 0 spiro atoms. The molecule has 0 amide bonds. The van der Waals surface area contributed by atoms with Gasteiger partial charge in [0.1, 0.15) is 0 Å². The molecule has 0 heterocycles. The van der Waals surface area contributed by atoms with Crippen molar-refractivity contribution in [3.8, 4) is 0 Å². The maximum Gasteiger partial charge on any atom is 0.335 e. The van der Waals surface area contributed by atoms with Crippen LogP contribution in [0.5, 0.6) is 0 Å². The Morgan fingerprint density at radius 3 is 2.56 bits per heavy atom. The minimum Gasteiger partial charge on any atom is -0.478 e. The predicted molar refractivity (Wildman–Crippen MR) is 34.8 cm³/mol. The standard InChI is InChI=1S/C7H7O2/c1-3-4-5-6(2)7(8)9/h1,3-5H,2H2,(H,8,9). The van der Waals surface area contributed by atoms with E-state index in [9.17, 15) is 4.79 Å². The van der Waals surface area contributed by atoms with Gasteiger partial charge in [0.15, 0.2) is 0 Å². The normalized spacial score (nSPS) is 9.33. The summed E-state index contributed by atoms with van der Waals surface area (Å²) in [6.45, 7) is 8.16. The van der Waals surface area contributed by atoms with Crippen LogP contribution in [-0.4, -0.2) is 11.1 Å². The van der Waals surface area contributed by atoms with Crippen LogP contribution in [0.1, 0.15) is 0 Å². The molecule has 0 rings (SSSR count). The van der Waals surface area contributed by atoms with Gasteiger partial charge in [0, 0.05) is 0 Å². The molecule has 0 atom stereocenters. The lowest BCUT2D eigenvalue weighted by molar-refractivity contribution is -0.132. The molecular formula is C7H7O2. The summed E-state index contributed by atoms with van der Waals surface area (Å²) in [6, 6.07) is 0. The molecule has 0 saturated carbocycles. The van der Waals surface area contributed by atoms with Crippen molar-refractivity contribution in [3.63, 3.8) is 0 Å². The van der Waals surface area contributed by atoms with Gasteiger partial charge in [0.25, 0.3) is 0 Å². The van der Waals surface area contributed by atoms with Gasteiger partial charge in [-0.25, -0.2) is 4.79 Å². The first kappa shape index (κ1) is 7.69. The molecule has 47 valence electrons.